The summed E-state index contributed by atoms with van der Waals surface area (Å²) in [7, 11) is -1.82. The molecule has 1 aliphatic rings. The summed E-state index contributed by atoms with van der Waals surface area (Å²) in [6, 6.07) is 0. The molecule has 1 saturated carbocycles. The van der Waals surface area contributed by atoms with Gasteiger partial charge in [0.05, 0.1) is 25.6 Å². The Kier molecular flexibility index (Phi) is 8.73. The van der Waals surface area contributed by atoms with Gasteiger partial charge in [-0.3, -0.25) is 0 Å². The maximum atomic E-state index is 11.4. The van der Waals surface area contributed by atoms with Crippen molar-refractivity contribution in [3.63, 3.8) is 0 Å². The summed E-state index contributed by atoms with van der Waals surface area (Å²) in [4.78, 5) is 0. The zero-order valence-corrected chi connectivity index (χ0v) is 13.8. The van der Waals surface area contributed by atoms with Gasteiger partial charge < -0.3 is 14.2 Å². The predicted molar refractivity (Wildman–Crippen MR) is 81.6 cm³/mol. The molecule has 7 heteroatoms. The van der Waals surface area contributed by atoms with Gasteiger partial charge in [-0.1, -0.05) is 19.3 Å². The lowest BCUT2D eigenvalue weighted by molar-refractivity contribution is 0.0150. The molecule has 0 amide bonds. The molecule has 0 saturated heterocycles. The van der Waals surface area contributed by atoms with E-state index in [0.717, 1.165) is 32.1 Å². The van der Waals surface area contributed by atoms with Gasteiger partial charge in [0.25, 0.3) is 0 Å². The third-order valence-corrected chi connectivity index (χ3v) is 4.85. The molecule has 0 aromatic carbocycles. The van der Waals surface area contributed by atoms with E-state index in [4.69, 9.17) is 19.3 Å². The van der Waals surface area contributed by atoms with E-state index in [-0.39, 0.29) is 11.2 Å². The zero-order chi connectivity index (χ0) is 15.6. The van der Waals surface area contributed by atoms with Crippen LogP contribution in [0.4, 0.5) is 0 Å². The second-order valence-electron chi connectivity index (χ2n) is 5.88. The minimum Gasteiger partial charge on any atom is -0.382 e. The van der Waals surface area contributed by atoms with Crippen molar-refractivity contribution < 1.29 is 22.6 Å². The molecule has 0 atom stereocenters. The molecule has 0 unspecified atom stereocenters. The number of primary sulfonamides is 1. The van der Waals surface area contributed by atoms with Gasteiger partial charge in [-0.2, -0.15) is 0 Å². The third kappa shape index (κ3) is 8.73. The Morgan fingerprint density at radius 1 is 1.00 bits per heavy atom. The fraction of sp³-hybridized carbons (Fsp3) is 1.00. The smallest absolute Gasteiger partial charge is 0.209 e. The SMILES string of the molecule is COCCOCCCOCC1(CS(N)(=O)=O)CCCCC1. The number of methoxy groups -OCH3 is 1. The van der Waals surface area contributed by atoms with Gasteiger partial charge in [0.15, 0.2) is 0 Å². The Balaban J connectivity index is 2.24. The second-order valence-corrected chi connectivity index (χ2v) is 7.49. The number of rotatable bonds is 11. The van der Waals surface area contributed by atoms with Crippen LogP contribution in [0.3, 0.4) is 0 Å². The van der Waals surface area contributed by atoms with Crippen LogP contribution in [0.25, 0.3) is 0 Å². The van der Waals surface area contributed by atoms with E-state index in [1.165, 1.54) is 6.42 Å². The molecule has 0 aromatic heterocycles. The van der Waals surface area contributed by atoms with Crippen LogP contribution in [0.2, 0.25) is 0 Å². The van der Waals surface area contributed by atoms with Crippen LogP contribution >= 0.6 is 0 Å². The van der Waals surface area contributed by atoms with Gasteiger partial charge >= 0.3 is 0 Å². The molecule has 0 aromatic rings. The highest BCUT2D eigenvalue weighted by Crippen LogP contribution is 2.37. The molecule has 1 aliphatic carbocycles. The summed E-state index contributed by atoms with van der Waals surface area (Å²) >= 11 is 0. The number of hydrogen-bond donors (Lipinski definition) is 1. The number of ether oxygens (including phenoxy) is 3. The fourth-order valence-corrected chi connectivity index (χ4v) is 4.08. The van der Waals surface area contributed by atoms with Gasteiger partial charge in [-0.25, -0.2) is 13.6 Å². The maximum absolute atomic E-state index is 11.4. The van der Waals surface area contributed by atoms with E-state index in [1.807, 2.05) is 0 Å². The Bertz CT molecular complexity index is 366. The number of sulfonamides is 1. The summed E-state index contributed by atoms with van der Waals surface area (Å²) in [5.41, 5.74) is -0.289. The Hall–Kier alpha value is -0.210. The van der Waals surface area contributed by atoms with Crippen LogP contribution in [-0.2, 0) is 24.2 Å². The van der Waals surface area contributed by atoms with E-state index in [9.17, 15) is 8.42 Å². The van der Waals surface area contributed by atoms with Crippen LogP contribution in [0.5, 0.6) is 0 Å². The summed E-state index contributed by atoms with van der Waals surface area (Å²) in [6.07, 6.45) is 5.84. The van der Waals surface area contributed by atoms with Gasteiger partial charge in [-0.15, -0.1) is 0 Å². The van der Waals surface area contributed by atoms with Gasteiger partial charge in [0.1, 0.15) is 0 Å². The lowest BCUT2D eigenvalue weighted by Gasteiger charge is -2.36. The highest BCUT2D eigenvalue weighted by molar-refractivity contribution is 7.89. The molecule has 1 rings (SSSR count). The highest BCUT2D eigenvalue weighted by Gasteiger charge is 2.35. The summed E-state index contributed by atoms with van der Waals surface area (Å²) in [5, 5.41) is 5.23. The first-order valence-electron chi connectivity index (χ1n) is 7.62. The highest BCUT2D eigenvalue weighted by atomic mass is 32.2. The van der Waals surface area contributed by atoms with Crippen molar-refractivity contribution >= 4 is 10.0 Å². The Morgan fingerprint density at radius 3 is 2.29 bits per heavy atom. The fourth-order valence-electron chi connectivity index (χ4n) is 2.85. The summed E-state index contributed by atoms with van der Waals surface area (Å²) in [5.74, 6) is 0.0321. The van der Waals surface area contributed by atoms with Gasteiger partial charge in [0.2, 0.25) is 10.0 Å². The van der Waals surface area contributed by atoms with Crippen LogP contribution in [0.15, 0.2) is 0 Å². The molecular weight excluding hydrogens is 294 g/mol. The molecule has 21 heavy (non-hydrogen) atoms. The first-order valence-corrected chi connectivity index (χ1v) is 9.34. The van der Waals surface area contributed by atoms with Gasteiger partial charge in [0, 0.05) is 25.7 Å². The topological polar surface area (TPSA) is 87.8 Å². The van der Waals surface area contributed by atoms with Crippen molar-refractivity contribution in [2.75, 3.05) is 45.9 Å². The van der Waals surface area contributed by atoms with Crippen molar-refractivity contribution in [3.05, 3.63) is 0 Å². The van der Waals surface area contributed by atoms with Crippen molar-refractivity contribution in [1.82, 2.24) is 0 Å². The zero-order valence-electron chi connectivity index (χ0n) is 13.0. The first-order chi connectivity index (χ1) is 9.97. The minimum atomic E-state index is -3.46. The number of nitrogens with two attached hydrogens (primary N) is 1. The van der Waals surface area contributed by atoms with Crippen molar-refractivity contribution in [1.29, 1.82) is 0 Å². The summed E-state index contributed by atoms with van der Waals surface area (Å²) in [6.45, 7) is 2.87. The van der Waals surface area contributed by atoms with E-state index in [2.05, 4.69) is 0 Å². The van der Waals surface area contributed by atoms with Crippen LogP contribution in [0.1, 0.15) is 38.5 Å². The molecule has 2 N–H and O–H groups in total. The molecule has 0 spiro atoms. The van der Waals surface area contributed by atoms with Crippen LogP contribution in [0, 0.1) is 5.41 Å². The predicted octanol–water partition coefficient (Wildman–Crippen LogP) is 1.30. The molecule has 0 aliphatic heterocycles. The molecule has 0 heterocycles. The minimum absolute atomic E-state index is 0.0321. The van der Waals surface area contributed by atoms with Crippen LogP contribution in [-0.4, -0.2) is 54.3 Å². The van der Waals surface area contributed by atoms with Gasteiger partial charge in [-0.05, 0) is 19.3 Å². The molecule has 6 nitrogen and oxygen atoms in total. The number of hydrogen-bond acceptors (Lipinski definition) is 5. The Labute approximate surface area is 128 Å². The average Bonchev–Trinajstić information content (AvgIpc) is 2.41. The normalized spacial score (nSPS) is 18.8. The van der Waals surface area contributed by atoms with Crippen molar-refractivity contribution in [3.8, 4) is 0 Å². The van der Waals surface area contributed by atoms with E-state index < -0.39 is 10.0 Å². The van der Waals surface area contributed by atoms with E-state index in [1.54, 1.807) is 7.11 Å². The largest absolute Gasteiger partial charge is 0.382 e. The van der Waals surface area contributed by atoms with Crippen LogP contribution < -0.4 is 5.14 Å². The maximum Gasteiger partial charge on any atom is 0.209 e. The third-order valence-electron chi connectivity index (χ3n) is 3.84. The molecular formula is C14H29NO5S. The lowest BCUT2D eigenvalue weighted by Crippen LogP contribution is -2.39. The average molecular weight is 323 g/mol. The first kappa shape index (κ1) is 18.8. The summed E-state index contributed by atoms with van der Waals surface area (Å²) < 4.78 is 38.8. The quantitative estimate of drug-likeness (QED) is 0.579. The molecule has 1 fully saturated rings. The monoisotopic (exact) mass is 323 g/mol. The Morgan fingerprint density at radius 2 is 1.67 bits per heavy atom. The lowest BCUT2D eigenvalue weighted by atomic mass is 9.76. The van der Waals surface area contributed by atoms with Crippen molar-refractivity contribution in [2.24, 2.45) is 10.6 Å². The molecule has 0 bridgehead atoms. The second kappa shape index (κ2) is 9.74. The standard InChI is InChI=1S/C14H29NO5S/c1-18-10-11-19-8-5-9-20-12-14(13-21(15,16)17)6-3-2-4-7-14/h2-13H2,1H3,(H2,15,16,17). The van der Waals surface area contributed by atoms with Crippen molar-refractivity contribution in [2.45, 2.75) is 38.5 Å². The van der Waals surface area contributed by atoms with E-state index >= 15 is 0 Å². The van der Waals surface area contributed by atoms with E-state index in [0.29, 0.717) is 33.0 Å². The molecule has 0 radical (unpaired) electrons. The molecule has 126 valence electrons.